The second kappa shape index (κ2) is 3.42. The number of hydrogen-bond donors (Lipinski definition) is 0. The Hall–Kier alpha value is -0.980. The van der Waals surface area contributed by atoms with E-state index < -0.39 is 0 Å². The first kappa shape index (κ1) is 8.12. The molecule has 1 aliphatic carbocycles. The average molecular weight is 150 g/mol. The van der Waals surface area contributed by atoms with Crippen LogP contribution in [0.25, 0.3) is 0 Å². The lowest BCUT2D eigenvalue weighted by molar-refractivity contribution is 0.301. The van der Waals surface area contributed by atoms with Gasteiger partial charge in [0.2, 0.25) is 0 Å². The van der Waals surface area contributed by atoms with Gasteiger partial charge in [-0.25, -0.2) is 0 Å². The van der Waals surface area contributed by atoms with Crippen molar-refractivity contribution in [1.82, 2.24) is 0 Å². The van der Waals surface area contributed by atoms with Gasteiger partial charge < -0.3 is 4.74 Å². The van der Waals surface area contributed by atoms with Crippen molar-refractivity contribution in [1.29, 1.82) is 0 Å². The summed E-state index contributed by atoms with van der Waals surface area (Å²) in [6.45, 7) is 4.23. The van der Waals surface area contributed by atoms with E-state index in [1.165, 1.54) is 11.1 Å². The van der Waals surface area contributed by atoms with E-state index in [-0.39, 0.29) is 0 Å². The Labute approximate surface area is 68.1 Å². The Morgan fingerprint density at radius 2 is 2.09 bits per heavy atom. The minimum Gasteiger partial charge on any atom is -0.497 e. The van der Waals surface area contributed by atoms with Crippen LogP contribution < -0.4 is 0 Å². The molecule has 0 bridgehead atoms. The van der Waals surface area contributed by atoms with Crippen LogP contribution in [0.15, 0.2) is 35.1 Å². The minimum absolute atomic E-state index is 0.998. The predicted octanol–water partition coefficient (Wildman–Crippen LogP) is 2.81. The zero-order valence-electron chi connectivity index (χ0n) is 7.35. The molecule has 60 valence electrons. The van der Waals surface area contributed by atoms with Crippen LogP contribution in [0.4, 0.5) is 0 Å². The van der Waals surface area contributed by atoms with Gasteiger partial charge in [0.25, 0.3) is 0 Å². The van der Waals surface area contributed by atoms with Crippen LogP contribution in [-0.2, 0) is 4.74 Å². The van der Waals surface area contributed by atoms with E-state index in [4.69, 9.17) is 4.74 Å². The van der Waals surface area contributed by atoms with Gasteiger partial charge in [0, 0.05) is 0 Å². The largest absolute Gasteiger partial charge is 0.497 e. The number of allylic oxidation sites excluding steroid dienone is 5. The van der Waals surface area contributed by atoms with Gasteiger partial charge in [0.05, 0.1) is 7.11 Å². The smallest absolute Gasteiger partial charge is 0.118 e. The second-order valence-corrected chi connectivity index (χ2v) is 2.90. The van der Waals surface area contributed by atoms with E-state index >= 15 is 0 Å². The number of methoxy groups -OCH3 is 1. The molecule has 0 radical (unpaired) electrons. The van der Waals surface area contributed by atoms with Crippen LogP contribution in [0.1, 0.15) is 20.3 Å². The van der Waals surface area contributed by atoms with E-state index in [0.717, 1.165) is 12.2 Å². The highest BCUT2D eigenvalue weighted by atomic mass is 16.5. The minimum atomic E-state index is 0.998. The van der Waals surface area contributed by atoms with Gasteiger partial charge in [-0.15, -0.1) is 0 Å². The molecule has 0 saturated carbocycles. The van der Waals surface area contributed by atoms with E-state index in [1.807, 2.05) is 12.2 Å². The lowest BCUT2D eigenvalue weighted by Crippen LogP contribution is -1.87. The van der Waals surface area contributed by atoms with Crippen molar-refractivity contribution in [2.24, 2.45) is 0 Å². The van der Waals surface area contributed by atoms with Crippen molar-refractivity contribution in [3.05, 3.63) is 35.1 Å². The van der Waals surface area contributed by atoms with Crippen molar-refractivity contribution < 1.29 is 4.74 Å². The molecule has 0 saturated heterocycles. The first-order valence-electron chi connectivity index (χ1n) is 3.81. The van der Waals surface area contributed by atoms with Crippen molar-refractivity contribution in [2.45, 2.75) is 20.3 Å². The van der Waals surface area contributed by atoms with Gasteiger partial charge in [0.1, 0.15) is 5.76 Å². The summed E-state index contributed by atoms with van der Waals surface area (Å²) in [5.74, 6) is 0.998. The molecule has 0 spiro atoms. The Bertz CT molecular complexity index is 231. The van der Waals surface area contributed by atoms with Gasteiger partial charge >= 0.3 is 0 Å². The van der Waals surface area contributed by atoms with E-state index in [0.29, 0.717) is 0 Å². The Balaban J connectivity index is 2.88. The zero-order valence-corrected chi connectivity index (χ0v) is 7.35. The van der Waals surface area contributed by atoms with Crippen LogP contribution in [0, 0.1) is 0 Å². The lowest BCUT2D eigenvalue weighted by Gasteiger charge is -2.04. The van der Waals surface area contributed by atoms with E-state index in [2.05, 4.69) is 19.9 Å². The SMILES string of the molecule is COC1=C(C)CC(C)=CC=C1. The molecule has 0 fully saturated rings. The zero-order chi connectivity index (χ0) is 8.27. The molecule has 11 heavy (non-hydrogen) atoms. The lowest BCUT2D eigenvalue weighted by atomic mass is 10.1. The second-order valence-electron chi connectivity index (χ2n) is 2.90. The maximum atomic E-state index is 5.19. The molecule has 0 aliphatic heterocycles. The summed E-state index contributed by atoms with van der Waals surface area (Å²) in [6, 6.07) is 0. The highest BCUT2D eigenvalue weighted by molar-refractivity contribution is 5.30. The summed E-state index contributed by atoms with van der Waals surface area (Å²) in [5.41, 5.74) is 2.68. The van der Waals surface area contributed by atoms with Crippen molar-refractivity contribution in [3.8, 4) is 0 Å². The third kappa shape index (κ3) is 1.97. The molecule has 0 heterocycles. The molecular formula is C10H14O. The normalized spacial score (nSPS) is 17.9. The molecule has 0 aromatic rings. The van der Waals surface area contributed by atoms with E-state index in [9.17, 15) is 0 Å². The average Bonchev–Trinajstić information content (AvgIpc) is 2.11. The van der Waals surface area contributed by atoms with Crippen molar-refractivity contribution in [3.63, 3.8) is 0 Å². The van der Waals surface area contributed by atoms with Crippen LogP contribution in [0.2, 0.25) is 0 Å². The molecule has 0 aromatic heterocycles. The standard InChI is InChI=1S/C10H14O/c1-8-5-4-6-10(11-3)9(2)7-8/h4-6H,7H2,1-3H3. The topological polar surface area (TPSA) is 9.23 Å². The van der Waals surface area contributed by atoms with Crippen molar-refractivity contribution >= 4 is 0 Å². The molecule has 0 amide bonds. The Kier molecular flexibility index (Phi) is 2.53. The Morgan fingerprint density at radius 1 is 1.36 bits per heavy atom. The highest BCUT2D eigenvalue weighted by Crippen LogP contribution is 2.18. The first-order valence-corrected chi connectivity index (χ1v) is 3.81. The van der Waals surface area contributed by atoms with Crippen molar-refractivity contribution in [2.75, 3.05) is 7.11 Å². The quantitative estimate of drug-likeness (QED) is 0.558. The summed E-state index contributed by atoms with van der Waals surface area (Å²) in [6.07, 6.45) is 7.18. The maximum absolute atomic E-state index is 5.19. The molecule has 1 rings (SSSR count). The summed E-state index contributed by atoms with van der Waals surface area (Å²) < 4.78 is 5.19. The molecule has 0 N–H and O–H groups in total. The van der Waals surface area contributed by atoms with Gasteiger partial charge in [-0.2, -0.15) is 0 Å². The van der Waals surface area contributed by atoms with Gasteiger partial charge in [-0.1, -0.05) is 17.7 Å². The highest BCUT2D eigenvalue weighted by Gasteiger charge is 2.02. The monoisotopic (exact) mass is 150 g/mol. The fraction of sp³-hybridized carbons (Fsp3) is 0.400. The summed E-state index contributed by atoms with van der Waals surface area (Å²) >= 11 is 0. The molecule has 1 heteroatoms. The summed E-state index contributed by atoms with van der Waals surface area (Å²) in [4.78, 5) is 0. The summed E-state index contributed by atoms with van der Waals surface area (Å²) in [7, 11) is 1.71. The molecule has 1 aliphatic rings. The van der Waals surface area contributed by atoms with Crippen LogP contribution in [0.3, 0.4) is 0 Å². The number of rotatable bonds is 1. The molecule has 1 nitrogen and oxygen atoms in total. The number of hydrogen-bond acceptors (Lipinski definition) is 1. The third-order valence-electron chi connectivity index (χ3n) is 1.81. The fourth-order valence-corrected chi connectivity index (χ4v) is 1.25. The van der Waals surface area contributed by atoms with Gasteiger partial charge in [0.15, 0.2) is 0 Å². The fourth-order valence-electron chi connectivity index (χ4n) is 1.25. The number of ether oxygens (including phenoxy) is 1. The van der Waals surface area contributed by atoms with E-state index in [1.54, 1.807) is 7.11 Å². The van der Waals surface area contributed by atoms with Crippen LogP contribution in [-0.4, -0.2) is 7.11 Å². The molecule has 0 atom stereocenters. The van der Waals surface area contributed by atoms with Crippen LogP contribution >= 0.6 is 0 Å². The molecular weight excluding hydrogens is 136 g/mol. The third-order valence-corrected chi connectivity index (χ3v) is 1.81. The Morgan fingerprint density at radius 3 is 2.73 bits per heavy atom. The van der Waals surface area contributed by atoms with Gasteiger partial charge in [-0.05, 0) is 31.9 Å². The predicted molar refractivity (Wildman–Crippen MR) is 47.2 cm³/mol. The molecule has 0 unspecified atom stereocenters. The van der Waals surface area contributed by atoms with Gasteiger partial charge in [-0.3, -0.25) is 0 Å². The van der Waals surface area contributed by atoms with Crippen LogP contribution in [0.5, 0.6) is 0 Å². The maximum Gasteiger partial charge on any atom is 0.118 e. The first-order chi connectivity index (χ1) is 5.24. The summed E-state index contributed by atoms with van der Waals surface area (Å²) in [5, 5.41) is 0. The molecule has 0 aromatic carbocycles.